The van der Waals surface area contributed by atoms with Gasteiger partial charge < -0.3 is 9.32 Å². The highest BCUT2D eigenvalue weighted by atomic mass is 16.3. The summed E-state index contributed by atoms with van der Waals surface area (Å²) < 4.78 is 6.52. The van der Waals surface area contributed by atoms with Gasteiger partial charge in [-0.25, -0.2) is 9.98 Å². The predicted molar refractivity (Wildman–Crippen MR) is 249 cm³/mol. The van der Waals surface area contributed by atoms with Gasteiger partial charge in [0.05, 0.1) is 0 Å². The van der Waals surface area contributed by atoms with Gasteiger partial charge in [0.1, 0.15) is 17.0 Å². The topological polar surface area (TPSA) is 41.1 Å². The summed E-state index contributed by atoms with van der Waals surface area (Å²) in [5.41, 5.74) is 17.2. The van der Waals surface area contributed by atoms with E-state index >= 15 is 0 Å². The van der Waals surface area contributed by atoms with Crippen LogP contribution in [0.4, 0.5) is 0 Å². The van der Waals surface area contributed by atoms with Crippen molar-refractivity contribution in [3.8, 4) is 33.4 Å². The fourth-order valence-corrected chi connectivity index (χ4v) is 9.44. The van der Waals surface area contributed by atoms with Gasteiger partial charge in [-0.3, -0.25) is 0 Å². The van der Waals surface area contributed by atoms with Crippen LogP contribution in [0.2, 0.25) is 0 Å². The van der Waals surface area contributed by atoms with Gasteiger partial charge in [-0.05, 0) is 98.0 Å². The third kappa shape index (κ3) is 5.98. The summed E-state index contributed by atoms with van der Waals surface area (Å²) in [6, 6.07) is 58.4. The molecule has 60 heavy (non-hydrogen) atoms. The monoisotopic (exact) mass is 773 g/mol. The van der Waals surface area contributed by atoms with Crippen molar-refractivity contribution in [1.29, 1.82) is 0 Å². The Labute approximate surface area is 350 Å². The van der Waals surface area contributed by atoms with Gasteiger partial charge in [0.15, 0.2) is 12.0 Å². The highest BCUT2D eigenvalue weighted by Crippen LogP contribution is 2.49. The van der Waals surface area contributed by atoms with E-state index in [9.17, 15) is 0 Å². The highest BCUT2D eigenvalue weighted by Gasteiger charge is 2.36. The Hall–Kier alpha value is -7.30. The van der Waals surface area contributed by atoms with Crippen LogP contribution in [-0.4, -0.2) is 23.6 Å². The summed E-state index contributed by atoms with van der Waals surface area (Å²) in [5, 5.41) is 2.21. The largest absolute Gasteiger partial charge is 0.456 e. The number of hydrogen-bond donors (Lipinski definition) is 0. The number of amidine groups is 2. The molecule has 2 aliphatic carbocycles. The van der Waals surface area contributed by atoms with Crippen molar-refractivity contribution in [2.24, 2.45) is 9.98 Å². The maximum absolute atomic E-state index is 6.52. The first kappa shape index (κ1) is 35.8. The molecular formula is C56H43N3O. The van der Waals surface area contributed by atoms with Crippen LogP contribution in [0.25, 0.3) is 60.9 Å². The zero-order chi connectivity index (χ0) is 40.4. The first-order valence-electron chi connectivity index (χ1n) is 20.8. The number of likely N-dealkylation sites (N-methyl/N-ethyl adjacent to an activating group) is 1. The maximum Gasteiger partial charge on any atom is 0.159 e. The van der Waals surface area contributed by atoms with E-state index in [-0.39, 0.29) is 11.6 Å². The molecule has 0 amide bonds. The van der Waals surface area contributed by atoms with Gasteiger partial charge in [0.2, 0.25) is 0 Å². The Bertz CT molecular complexity index is 3140. The van der Waals surface area contributed by atoms with Crippen LogP contribution in [-0.2, 0) is 5.41 Å². The molecule has 0 saturated carbocycles. The van der Waals surface area contributed by atoms with Crippen molar-refractivity contribution in [2.75, 3.05) is 7.05 Å². The summed E-state index contributed by atoms with van der Waals surface area (Å²) in [4.78, 5) is 13.0. The number of allylic oxidation sites excluding steroid dienone is 4. The minimum Gasteiger partial charge on any atom is -0.456 e. The molecule has 3 aliphatic rings. The molecule has 0 bridgehead atoms. The molecule has 1 aromatic heterocycles. The molecule has 1 atom stereocenters. The fraction of sp³-hybridized carbons (Fsp3) is 0.107. The minimum atomic E-state index is -0.274. The molecule has 288 valence electrons. The maximum atomic E-state index is 6.52. The van der Waals surface area contributed by atoms with Gasteiger partial charge in [0.25, 0.3) is 0 Å². The standard InChI is InChI=1S/C56H43N3O/c1-56(2)48-23-13-12-21-45(48)46-35-43(29-31-49(46)56)55-58-53(39-17-8-5-9-18-39)57-54(59(55)3)42-20-11-10-19-41(33-42)44-22-14-24-51-52(44)47-34-40(30-32-50(47)60-51)38-27-25-37(26-28-38)36-15-6-4-7-16-36/h4-10,12-35,55H,11H2,1-3H3. The van der Waals surface area contributed by atoms with E-state index in [0.717, 1.165) is 73.4 Å². The summed E-state index contributed by atoms with van der Waals surface area (Å²) >= 11 is 0. The third-order valence-electron chi connectivity index (χ3n) is 12.6. The van der Waals surface area contributed by atoms with Gasteiger partial charge in [0, 0.05) is 34.4 Å². The summed E-state index contributed by atoms with van der Waals surface area (Å²) in [6.45, 7) is 4.65. The summed E-state index contributed by atoms with van der Waals surface area (Å²) in [5.74, 6) is 1.62. The van der Waals surface area contributed by atoms with Crippen LogP contribution in [0.15, 0.2) is 208 Å². The van der Waals surface area contributed by atoms with Crippen molar-refractivity contribution >= 4 is 39.2 Å². The Morgan fingerprint density at radius 1 is 0.583 bits per heavy atom. The summed E-state index contributed by atoms with van der Waals surface area (Å²) in [6.07, 6.45) is 9.58. The van der Waals surface area contributed by atoms with E-state index in [2.05, 4.69) is 208 Å². The van der Waals surface area contributed by atoms with Crippen LogP contribution in [0, 0.1) is 0 Å². The second-order valence-electron chi connectivity index (χ2n) is 16.5. The van der Waals surface area contributed by atoms with Crippen molar-refractivity contribution in [3.63, 3.8) is 0 Å². The van der Waals surface area contributed by atoms with Crippen molar-refractivity contribution in [3.05, 3.63) is 221 Å². The molecule has 8 aromatic rings. The van der Waals surface area contributed by atoms with Crippen LogP contribution in [0.5, 0.6) is 0 Å². The SMILES string of the molecule is CN1C(C2=CCC=CC(c3cccc4oc5ccc(-c6ccc(-c7ccccc7)cc6)cc5c34)=C2)=NC(c2ccccc2)=NC1c1ccc2c(c1)-c1ccccc1C2(C)C. The number of fused-ring (bicyclic) bond motifs is 6. The Morgan fingerprint density at radius 2 is 1.25 bits per heavy atom. The van der Waals surface area contributed by atoms with Crippen LogP contribution < -0.4 is 0 Å². The average Bonchev–Trinajstić information content (AvgIpc) is 3.65. The van der Waals surface area contributed by atoms with Crippen molar-refractivity contribution < 1.29 is 4.42 Å². The lowest BCUT2D eigenvalue weighted by atomic mass is 9.82. The Balaban J connectivity index is 0.994. The van der Waals surface area contributed by atoms with E-state index < -0.39 is 0 Å². The Morgan fingerprint density at radius 3 is 2.05 bits per heavy atom. The van der Waals surface area contributed by atoms with Gasteiger partial charge in [-0.15, -0.1) is 0 Å². The number of rotatable bonds is 6. The van der Waals surface area contributed by atoms with Crippen LogP contribution >= 0.6 is 0 Å². The average molecular weight is 774 g/mol. The van der Waals surface area contributed by atoms with Gasteiger partial charge in [-0.2, -0.15) is 0 Å². The fourth-order valence-electron chi connectivity index (χ4n) is 9.44. The molecule has 4 nitrogen and oxygen atoms in total. The molecule has 7 aromatic carbocycles. The minimum absolute atomic E-state index is 0.0633. The Kier molecular flexibility index (Phi) is 8.49. The molecule has 0 fully saturated rings. The van der Waals surface area contributed by atoms with Crippen LogP contribution in [0.3, 0.4) is 0 Å². The van der Waals surface area contributed by atoms with Gasteiger partial charge >= 0.3 is 0 Å². The summed E-state index contributed by atoms with van der Waals surface area (Å²) in [7, 11) is 2.13. The number of nitrogens with zero attached hydrogens (tertiary/aromatic N) is 3. The van der Waals surface area contributed by atoms with E-state index in [1.54, 1.807) is 0 Å². The quantitative estimate of drug-likeness (QED) is 0.169. The van der Waals surface area contributed by atoms with Crippen LogP contribution in [0.1, 0.15) is 54.3 Å². The molecule has 0 radical (unpaired) electrons. The smallest absolute Gasteiger partial charge is 0.159 e. The van der Waals surface area contributed by atoms with E-state index in [0.29, 0.717) is 0 Å². The normalized spacial score (nSPS) is 16.8. The number of furan rings is 1. The second kappa shape index (κ2) is 14.2. The van der Waals surface area contributed by atoms with E-state index in [1.807, 2.05) is 6.07 Å². The lowest BCUT2D eigenvalue weighted by Crippen LogP contribution is -2.36. The molecule has 11 rings (SSSR count). The molecule has 1 unspecified atom stereocenters. The molecule has 0 N–H and O–H groups in total. The zero-order valence-corrected chi connectivity index (χ0v) is 33.9. The lowest BCUT2D eigenvalue weighted by Gasteiger charge is -2.33. The van der Waals surface area contributed by atoms with Crippen molar-refractivity contribution in [1.82, 2.24) is 4.90 Å². The first-order chi connectivity index (χ1) is 29.4. The second-order valence-corrected chi connectivity index (χ2v) is 16.5. The van der Waals surface area contributed by atoms with E-state index in [4.69, 9.17) is 14.4 Å². The molecule has 1 aliphatic heterocycles. The molecular weight excluding hydrogens is 731 g/mol. The number of benzene rings is 7. The van der Waals surface area contributed by atoms with E-state index in [1.165, 1.54) is 38.9 Å². The van der Waals surface area contributed by atoms with Gasteiger partial charge in [-0.1, -0.05) is 172 Å². The molecule has 0 spiro atoms. The first-order valence-corrected chi connectivity index (χ1v) is 20.8. The molecule has 2 heterocycles. The number of hydrogen-bond acceptors (Lipinski definition) is 4. The zero-order valence-electron chi connectivity index (χ0n) is 33.9. The molecule has 4 heteroatoms. The lowest BCUT2D eigenvalue weighted by molar-refractivity contribution is 0.382. The highest BCUT2D eigenvalue weighted by molar-refractivity contribution is 6.16. The predicted octanol–water partition coefficient (Wildman–Crippen LogP) is 14.0. The molecule has 0 saturated heterocycles. The third-order valence-corrected chi connectivity index (χ3v) is 12.6. The number of aliphatic imine (C=N–C) groups is 2. The van der Waals surface area contributed by atoms with Crippen molar-refractivity contribution in [2.45, 2.75) is 31.8 Å².